The minimum Gasteiger partial charge on any atom is -0.486 e. The van der Waals surface area contributed by atoms with Crippen LogP contribution in [0, 0.1) is 17.1 Å². The van der Waals surface area contributed by atoms with Crippen LogP contribution in [0.4, 0.5) is 10.1 Å². The smallest absolute Gasteiger partial charge is 0.309 e. The molecule has 1 aliphatic rings. The van der Waals surface area contributed by atoms with Crippen LogP contribution in [-0.2, 0) is 16.0 Å². The average molecular weight is 330 g/mol. The van der Waals surface area contributed by atoms with Crippen molar-refractivity contribution in [2.24, 2.45) is 0 Å². The number of halogens is 1. The molecule has 7 nitrogen and oxygen atoms in total. The zero-order chi connectivity index (χ0) is 17.1. The van der Waals surface area contributed by atoms with Crippen molar-refractivity contribution in [2.45, 2.75) is 12.5 Å². The van der Waals surface area contributed by atoms with Crippen LogP contribution in [0.5, 0.6) is 5.75 Å². The number of anilines is 1. The first-order valence-corrected chi connectivity index (χ1v) is 7.30. The number of esters is 1. The maximum absolute atomic E-state index is 14.4. The quantitative estimate of drug-likeness (QED) is 0.859. The number of rotatable bonds is 4. The topological polar surface area (TPSA) is 91.2 Å². The van der Waals surface area contributed by atoms with E-state index in [2.05, 4.69) is 20.8 Å². The number of aromatic nitrogens is 2. The van der Waals surface area contributed by atoms with Gasteiger partial charge < -0.3 is 19.4 Å². The number of fused-ring (bicyclic) bond motifs is 1. The van der Waals surface area contributed by atoms with Crippen LogP contribution >= 0.6 is 0 Å². The maximum Gasteiger partial charge on any atom is 0.309 e. The fourth-order valence-electron chi connectivity index (χ4n) is 2.69. The second-order valence-corrected chi connectivity index (χ2v) is 5.26. The molecule has 0 spiro atoms. The minimum atomic E-state index is -0.664. The largest absolute Gasteiger partial charge is 0.486 e. The van der Waals surface area contributed by atoms with Crippen LogP contribution in [0.2, 0.25) is 0 Å². The van der Waals surface area contributed by atoms with Crippen LogP contribution < -0.4 is 9.64 Å². The van der Waals surface area contributed by atoms with E-state index in [1.165, 1.54) is 19.5 Å². The molecule has 1 aromatic carbocycles. The number of nitriles is 1. The Kier molecular flexibility index (Phi) is 4.33. The monoisotopic (exact) mass is 330 g/mol. The van der Waals surface area contributed by atoms with E-state index in [0.29, 0.717) is 23.5 Å². The summed E-state index contributed by atoms with van der Waals surface area (Å²) < 4.78 is 24.4. The first-order chi connectivity index (χ1) is 11.6. The number of ether oxygens (including phenoxy) is 2. The molecule has 0 amide bonds. The molecule has 1 atom stereocenters. The summed E-state index contributed by atoms with van der Waals surface area (Å²) in [6.07, 6.45) is 2.97. The highest BCUT2D eigenvalue weighted by Crippen LogP contribution is 2.39. The predicted molar refractivity (Wildman–Crippen MR) is 81.9 cm³/mol. The lowest BCUT2D eigenvalue weighted by Crippen LogP contribution is -2.36. The van der Waals surface area contributed by atoms with Crippen LogP contribution in [0.15, 0.2) is 24.7 Å². The molecule has 2 aromatic rings. The fourth-order valence-corrected chi connectivity index (χ4v) is 2.69. The van der Waals surface area contributed by atoms with Gasteiger partial charge in [-0.1, -0.05) is 0 Å². The van der Waals surface area contributed by atoms with Gasteiger partial charge in [-0.3, -0.25) is 4.79 Å². The fraction of sp³-hybridized carbons (Fsp3) is 0.312. The summed E-state index contributed by atoms with van der Waals surface area (Å²) in [6, 6.07) is 4.42. The summed E-state index contributed by atoms with van der Waals surface area (Å²) in [4.78, 5) is 20.0. The highest BCUT2D eigenvalue weighted by molar-refractivity contribution is 5.74. The number of benzene rings is 1. The summed E-state index contributed by atoms with van der Waals surface area (Å²) in [7, 11) is 1.27. The molecule has 24 heavy (non-hydrogen) atoms. The average Bonchev–Trinajstić information content (AvgIpc) is 3.10. The van der Waals surface area contributed by atoms with Gasteiger partial charge in [-0.15, -0.1) is 0 Å². The van der Waals surface area contributed by atoms with E-state index >= 15 is 0 Å². The lowest BCUT2D eigenvalue weighted by Gasteiger charge is -2.34. The molecular formula is C16H15FN4O3. The van der Waals surface area contributed by atoms with Gasteiger partial charge in [0.25, 0.3) is 0 Å². The highest BCUT2D eigenvalue weighted by atomic mass is 19.1. The Labute approximate surface area is 137 Å². The van der Waals surface area contributed by atoms with E-state index in [1.54, 1.807) is 17.2 Å². The van der Waals surface area contributed by atoms with Gasteiger partial charge in [-0.25, -0.2) is 9.37 Å². The van der Waals surface area contributed by atoms with Crippen LogP contribution in [0.3, 0.4) is 0 Å². The number of hydrogen-bond acceptors (Lipinski definition) is 6. The van der Waals surface area contributed by atoms with Gasteiger partial charge in [-0.05, 0) is 17.7 Å². The Balaban J connectivity index is 2.02. The Morgan fingerprint density at radius 2 is 2.46 bits per heavy atom. The Bertz CT molecular complexity index is 785. The second-order valence-electron chi connectivity index (χ2n) is 5.26. The van der Waals surface area contributed by atoms with Crippen LogP contribution in [0.1, 0.15) is 17.3 Å². The van der Waals surface area contributed by atoms with E-state index in [9.17, 15) is 14.4 Å². The Morgan fingerprint density at radius 3 is 3.12 bits per heavy atom. The van der Waals surface area contributed by atoms with Crippen molar-refractivity contribution in [1.29, 1.82) is 5.26 Å². The molecule has 0 saturated heterocycles. The third kappa shape index (κ3) is 2.88. The second kappa shape index (κ2) is 6.58. The minimum absolute atomic E-state index is 0.0597. The third-order valence-corrected chi connectivity index (χ3v) is 3.80. The Morgan fingerprint density at radius 1 is 1.62 bits per heavy atom. The molecule has 2 heterocycles. The SMILES string of the molecule is COC(=O)Cc1cc(F)c2c(c1)N(C(C#N)c1cnc[nH]1)CCO2. The number of nitrogens with zero attached hydrogens (tertiary/aromatic N) is 3. The number of imidazole rings is 1. The Hall–Kier alpha value is -3.08. The summed E-state index contributed by atoms with van der Waals surface area (Å²) in [5.41, 5.74) is 1.49. The van der Waals surface area contributed by atoms with Crippen LogP contribution in [0.25, 0.3) is 0 Å². The number of methoxy groups -OCH3 is 1. The van der Waals surface area contributed by atoms with E-state index < -0.39 is 17.8 Å². The molecule has 8 heteroatoms. The normalized spacial score (nSPS) is 14.3. The third-order valence-electron chi connectivity index (χ3n) is 3.80. The van der Waals surface area contributed by atoms with Gasteiger partial charge in [0, 0.05) is 0 Å². The van der Waals surface area contributed by atoms with Crippen molar-refractivity contribution in [1.82, 2.24) is 9.97 Å². The van der Waals surface area contributed by atoms with Crippen molar-refractivity contribution < 1.29 is 18.7 Å². The number of H-pyrrole nitrogens is 1. The van der Waals surface area contributed by atoms with E-state index in [4.69, 9.17) is 4.74 Å². The predicted octanol–water partition coefficient (Wildman–Crippen LogP) is 1.73. The molecule has 0 aliphatic carbocycles. The summed E-state index contributed by atoms with van der Waals surface area (Å²) in [5, 5.41) is 9.55. The summed E-state index contributed by atoms with van der Waals surface area (Å²) in [6.45, 7) is 0.665. The van der Waals surface area contributed by atoms with Crippen molar-refractivity contribution in [3.05, 3.63) is 41.7 Å². The van der Waals surface area contributed by atoms with Crippen LogP contribution in [-0.4, -0.2) is 36.2 Å². The molecule has 124 valence electrons. The van der Waals surface area contributed by atoms with Crippen molar-refractivity contribution in [2.75, 3.05) is 25.2 Å². The summed E-state index contributed by atoms with van der Waals surface area (Å²) >= 11 is 0. The summed E-state index contributed by atoms with van der Waals surface area (Å²) in [5.74, 6) is -0.963. The number of carbonyl (C=O) groups is 1. The highest BCUT2D eigenvalue weighted by Gasteiger charge is 2.30. The van der Waals surface area contributed by atoms with Crippen molar-refractivity contribution in [3.63, 3.8) is 0 Å². The molecule has 1 N–H and O–H groups in total. The van der Waals surface area contributed by atoms with Crippen molar-refractivity contribution in [3.8, 4) is 11.8 Å². The lowest BCUT2D eigenvalue weighted by atomic mass is 10.1. The standard InChI is InChI=1S/C16H15FN4O3/c1-23-15(22)6-10-4-11(17)16-13(5-10)21(2-3-24-16)14(7-18)12-8-19-9-20-12/h4-5,8-9,14H,2-3,6H2,1H3,(H,19,20). The van der Waals surface area contributed by atoms with Gasteiger partial charge in [0.05, 0.1) is 50.1 Å². The lowest BCUT2D eigenvalue weighted by molar-refractivity contribution is -0.139. The molecule has 1 aromatic heterocycles. The van der Waals surface area contributed by atoms with Gasteiger partial charge in [0.2, 0.25) is 0 Å². The molecule has 0 saturated carbocycles. The number of carbonyl (C=O) groups excluding carboxylic acids is 1. The molecule has 1 aliphatic heterocycles. The number of hydrogen-bond donors (Lipinski definition) is 1. The van der Waals surface area contributed by atoms with Gasteiger partial charge in [0.15, 0.2) is 17.6 Å². The number of aromatic amines is 1. The first-order valence-electron chi connectivity index (χ1n) is 7.30. The molecular weight excluding hydrogens is 315 g/mol. The van der Waals surface area contributed by atoms with E-state index in [-0.39, 0.29) is 18.8 Å². The van der Waals surface area contributed by atoms with Gasteiger partial charge >= 0.3 is 5.97 Å². The molecule has 3 rings (SSSR count). The van der Waals surface area contributed by atoms with E-state index in [0.717, 1.165) is 0 Å². The molecule has 0 radical (unpaired) electrons. The molecule has 0 fully saturated rings. The first kappa shape index (κ1) is 15.8. The van der Waals surface area contributed by atoms with Crippen molar-refractivity contribution >= 4 is 11.7 Å². The maximum atomic E-state index is 14.4. The van der Waals surface area contributed by atoms with Gasteiger partial charge in [0.1, 0.15) is 6.61 Å². The molecule has 0 bridgehead atoms. The zero-order valence-corrected chi connectivity index (χ0v) is 13.0. The molecule has 1 unspecified atom stereocenters. The number of nitrogens with one attached hydrogen (secondary N) is 1. The van der Waals surface area contributed by atoms with Gasteiger partial charge in [-0.2, -0.15) is 5.26 Å². The van der Waals surface area contributed by atoms with E-state index in [1.807, 2.05) is 0 Å². The zero-order valence-electron chi connectivity index (χ0n) is 13.0.